The van der Waals surface area contributed by atoms with Crippen LogP contribution in [0.1, 0.15) is 39.5 Å². The van der Waals surface area contributed by atoms with Crippen LogP contribution >= 0.6 is 0 Å². The summed E-state index contributed by atoms with van der Waals surface area (Å²) in [7, 11) is -7.68. The fraction of sp³-hybridized carbons (Fsp3) is 0.500. The molecule has 7 nitrogen and oxygen atoms in total. The van der Waals surface area contributed by atoms with E-state index in [0.29, 0.717) is 21.8 Å². The third kappa shape index (κ3) is 6.74. The quantitative estimate of drug-likeness (QED) is 0.158. The highest BCUT2D eigenvalue weighted by Gasteiger charge is 2.88. The fourth-order valence-corrected chi connectivity index (χ4v) is 14.1. The number of fused-ring (bicyclic) bond motifs is 2. The first-order valence-electron chi connectivity index (χ1n) is 15.7. The number of aromatic nitrogens is 2. The average Bonchev–Trinajstić information content (AvgIpc) is 3.90. The van der Waals surface area contributed by atoms with Gasteiger partial charge in [-0.25, -0.2) is 16.8 Å². The molecule has 0 bridgehead atoms. The number of para-hydroxylation sites is 2. The number of alkyl halides is 6. The van der Waals surface area contributed by atoms with Gasteiger partial charge < -0.3 is 9.13 Å². The number of nitrogens with zero attached hydrogens (tertiary/aromatic N) is 3. The lowest BCUT2D eigenvalue weighted by Crippen LogP contribution is -2.70. The molecule has 49 heavy (non-hydrogen) atoms. The number of halogens is 6. The zero-order chi connectivity index (χ0) is 36.6. The Morgan fingerprint density at radius 1 is 0.571 bits per heavy atom. The molecule has 2 aromatic carbocycles. The highest BCUT2D eigenvalue weighted by molar-refractivity contribution is 8.05. The van der Waals surface area contributed by atoms with Crippen molar-refractivity contribution in [1.29, 1.82) is 0 Å². The average molecular weight is 774 g/mol. The number of sulfonamides is 2. The smallest absolute Gasteiger partial charge is 0.346 e. The maximum Gasteiger partial charge on any atom is 0.429 e. The first kappa shape index (κ1) is 39.4. The number of hydrogen-bond acceptors (Lipinski definition) is 4. The Kier molecular flexibility index (Phi) is 11.8. The van der Waals surface area contributed by atoms with Crippen molar-refractivity contribution in [2.75, 3.05) is 30.1 Å². The second-order valence-electron chi connectivity index (χ2n) is 11.5. The summed E-state index contributed by atoms with van der Waals surface area (Å²) in [5.74, 6) is -0.922. The van der Waals surface area contributed by atoms with E-state index in [1.54, 1.807) is 9.79 Å². The topological polar surface area (TPSA) is 81.4 Å². The molecule has 272 valence electrons. The molecule has 0 N–H and O–H groups in total. The number of hydrogen-bond donors (Lipinski definition) is 0. The Bertz CT molecular complexity index is 1850. The van der Waals surface area contributed by atoms with Crippen molar-refractivity contribution < 1.29 is 43.2 Å². The molecule has 0 aliphatic carbocycles. The Hall–Kier alpha value is -2.34. The lowest BCUT2D eigenvalue weighted by molar-refractivity contribution is -0.249. The molecule has 0 atom stereocenters. The summed E-state index contributed by atoms with van der Waals surface area (Å²) >= 11 is 0. The van der Waals surface area contributed by atoms with Crippen LogP contribution in [0.25, 0.3) is 21.8 Å². The lowest BCUT2D eigenvalue weighted by Gasteiger charge is -2.39. The summed E-state index contributed by atoms with van der Waals surface area (Å²) in [6.45, 7) is 4.00. The van der Waals surface area contributed by atoms with Crippen LogP contribution in [-0.4, -0.2) is 76.2 Å². The van der Waals surface area contributed by atoms with Crippen LogP contribution in [0.4, 0.5) is 26.3 Å². The molecule has 0 amide bonds. The maximum atomic E-state index is 12.7. The highest BCUT2D eigenvalue weighted by atomic mass is 32.3. The third-order valence-electron chi connectivity index (χ3n) is 8.46. The standard InChI is InChI=1S/2C13H16NS.C4H3F6NO4S2.C2H6/c2*1-14-10-13(15-8-4-5-9-15)11-6-2-3-7-12(11)14;1-11-16(12,13)3(7,8)2(5,6)4(9,10)17(11,14)15;1-2/h2*2-3,6-7,10H,4-5,8-9H2,1H3;1H3;1-2H3/q2*+1;;. The molecular weight excluding hydrogens is 733 g/mol. The van der Waals surface area contributed by atoms with E-state index in [1.165, 1.54) is 70.5 Å². The second kappa shape index (κ2) is 14.7. The minimum Gasteiger partial charge on any atom is -0.346 e. The molecule has 3 aliphatic heterocycles. The van der Waals surface area contributed by atoms with Crippen LogP contribution in [0.5, 0.6) is 0 Å². The minimum absolute atomic E-state index is 0.179. The molecule has 0 radical (unpaired) electrons. The van der Waals surface area contributed by atoms with E-state index in [4.69, 9.17) is 0 Å². The Balaban J connectivity index is 0.000000161. The third-order valence-corrected chi connectivity index (χ3v) is 17.8. The van der Waals surface area contributed by atoms with Gasteiger partial charge in [0.2, 0.25) is 0 Å². The van der Waals surface area contributed by atoms with Crippen molar-refractivity contribution in [2.45, 2.75) is 65.8 Å². The van der Waals surface area contributed by atoms with Crippen LogP contribution in [0.15, 0.2) is 70.7 Å². The number of benzene rings is 2. The molecule has 3 fully saturated rings. The second-order valence-corrected chi connectivity index (χ2v) is 20.2. The number of aryl methyl sites for hydroxylation is 2. The Morgan fingerprint density at radius 3 is 1.20 bits per heavy atom. The van der Waals surface area contributed by atoms with E-state index in [0.717, 1.165) is 0 Å². The van der Waals surface area contributed by atoms with Gasteiger partial charge in [0.15, 0.2) is 9.79 Å². The van der Waals surface area contributed by atoms with Crippen molar-refractivity contribution in [2.24, 2.45) is 14.1 Å². The van der Waals surface area contributed by atoms with Crippen molar-refractivity contribution in [3.8, 4) is 0 Å². The molecule has 2 aromatic heterocycles. The Labute approximate surface area is 289 Å². The zero-order valence-corrected chi connectivity index (χ0v) is 31.1. The van der Waals surface area contributed by atoms with Crippen LogP contribution in [0.2, 0.25) is 0 Å². The van der Waals surface area contributed by atoms with Crippen molar-refractivity contribution >= 4 is 63.6 Å². The summed E-state index contributed by atoms with van der Waals surface area (Å²) in [5.41, 5.74) is 2.76. The summed E-state index contributed by atoms with van der Waals surface area (Å²) in [5, 5.41) is -9.51. The van der Waals surface area contributed by atoms with E-state index >= 15 is 0 Å². The van der Waals surface area contributed by atoms with Gasteiger partial charge in [-0.2, -0.15) is 26.3 Å². The summed E-state index contributed by atoms with van der Waals surface area (Å²) in [6.07, 6.45) is 10.4. The predicted octanol–water partition coefficient (Wildman–Crippen LogP) is 7.34. The first-order valence-corrected chi connectivity index (χ1v) is 21.7. The Morgan fingerprint density at radius 2 is 0.878 bits per heavy atom. The van der Waals surface area contributed by atoms with E-state index < -0.39 is 40.2 Å². The van der Waals surface area contributed by atoms with Gasteiger partial charge >= 0.3 is 16.4 Å². The predicted molar refractivity (Wildman–Crippen MR) is 187 cm³/mol. The summed E-state index contributed by atoms with van der Waals surface area (Å²) in [4.78, 5) is 3.20. The summed E-state index contributed by atoms with van der Waals surface area (Å²) < 4.78 is 122. The molecule has 4 aromatic rings. The molecular formula is C32H41F6N3O4S4+2. The van der Waals surface area contributed by atoms with Gasteiger partial charge in [0.05, 0.1) is 34.2 Å². The molecule has 0 unspecified atom stereocenters. The molecule has 0 saturated carbocycles. The van der Waals surface area contributed by atoms with Crippen LogP contribution in [0, 0.1) is 0 Å². The normalized spacial score (nSPS) is 22.4. The van der Waals surface area contributed by atoms with Gasteiger partial charge in [0.25, 0.3) is 20.0 Å². The van der Waals surface area contributed by atoms with Crippen LogP contribution < -0.4 is 0 Å². The van der Waals surface area contributed by atoms with Gasteiger partial charge in [0, 0.05) is 42.9 Å². The summed E-state index contributed by atoms with van der Waals surface area (Å²) in [6, 6.07) is 17.6. The van der Waals surface area contributed by atoms with E-state index in [-0.39, 0.29) is 7.05 Å². The van der Waals surface area contributed by atoms with Gasteiger partial charge in [-0.15, -0.1) is 0 Å². The lowest BCUT2D eigenvalue weighted by atomic mass is 10.2. The monoisotopic (exact) mass is 773 g/mol. The maximum absolute atomic E-state index is 12.7. The van der Waals surface area contributed by atoms with Crippen LogP contribution in [-0.2, 0) is 55.9 Å². The largest absolute Gasteiger partial charge is 0.429 e. The number of rotatable bonds is 2. The molecule has 3 aliphatic rings. The van der Waals surface area contributed by atoms with Crippen molar-refractivity contribution in [1.82, 2.24) is 12.8 Å². The van der Waals surface area contributed by atoms with Crippen molar-refractivity contribution in [3.05, 3.63) is 60.9 Å². The SMILES string of the molecule is CC.CN1S(=O)(=O)C(F)(F)C(F)(F)C(F)(F)S1(=O)=O.Cn1cc([S+]2CCCC2)c2ccccc21.Cn1cc([S+]2CCCC2)c2ccccc21. The molecule has 17 heteroatoms. The fourth-order valence-electron chi connectivity index (χ4n) is 5.76. The van der Waals surface area contributed by atoms with Crippen molar-refractivity contribution in [3.63, 3.8) is 0 Å². The van der Waals surface area contributed by atoms with Gasteiger partial charge in [0.1, 0.15) is 23.0 Å². The zero-order valence-electron chi connectivity index (χ0n) is 27.8. The minimum atomic E-state index is -6.57. The highest BCUT2D eigenvalue weighted by Crippen LogP contribution is 2.56. The molecule has 0 spiro atoms. The van der Waals surface area contributed by atoms with Gasteiger partial charge in [-0.1, -0.05) is 41.8 Å². The van der Waals surface area contributed by atoms with Gasteiger partial charge in [-0.05, 0) is 49.9 Å². The van der Waals surface area contributed by atoms with E-state index in [2.05, 4.69) is 84.2 Å². The van der Waals surface area contributed by atoms with E-state index in [1.807, 2.05) is 13.8 Å². The van der Waals surface area contributed by atoms with Gasteiger partial charge in [-0.3, -0.25) is 0 Å². The molecule has 7 rings (SSSR count). The molecule has 3 saturated heterocycles. The first-order chi connectivity index (χ1) is 22.9. The van der Waals surface area contributed by atoms with E-state index in [9.17, 15) is 43.2 Å². The van der Waals surface area contributed by atoms with Crippen LogP contribution in [0.3, 0.4) is 0 Å². The molecule has 5 heterocycles.